The normalized spacial score (nSPS) is 12.7. The van der Waals surface area contributed by atoms with E-state index >= 15 is 0 Å². The van der Waals surface area contributed by atoms with E-state index in [0.29, 0.717) is 10.6 Å². The molecule has 0 saturated carbocycles. The molecular weight excluding hydrogens is 236 g/mol. The molecule has 1 aromatic heterocycles. The van der Waals surface area contributed by atoms with Crippen molar-refractivity contribution in [2.75, 3.05) is 0 Å². The molecule has 0 saturated heterocycles. The molecule has 3 nitrogen and oxygen atoms in total. The van der Waals surface area contributed by atoms with E-state index < -0.39 is 6.10 Å². The van der Waals surface area contributed by atoms with Crippen LogP contribution in [0.25, 0.3) is 0 Å². The lowest BCUT2D eigenvalue weighted by molar-refractivity contribution is 0.208. The third kappa shape index (κ3) is 2.35. The van der Waals surface area contributed by atoms with Gasteiger partial charge in [-0.1, -0.05) is 23.7 Å². The Morgan fingerprint density at radius 3 is 2.82 bits per heavy atom. The molecule has 0 bridgehead atoms. The molecule has 0 aliphatic heterocycles. The molecule has 0 aliphatic rings. The maximum Gasteiger partial charge on any atom is 0.122 e. The van der Waals surface area contributed by atoms with Crippen molar-refractivity contribution in [3.63, 3.8) is 0 Å². The fourth-order valence-corrected chi connectivity index (χ4v) is 2.19. The fraction of sp³-hybridized carbons (Fsp3) is 0.308. The lowest BCUT2D eigenvalue weighted by Crippen LogP contribution is -2.09. The van der Waals surface area contributed by atoms with Gasteiger partial charge in [0.1, 0.15) is 6.10 Å². The quantitative estimate of drug-likeness (QED) is 0.910. The highest BCUT2D eigenvalue weighted by Crippen LogP contribution is 2.28. The highest BCUT2D eigenvalue weighted by molar-refractivity contribution is 6.31. The Morgan fingerprint density at radius 1 is 1.41 bits per heavy atom. The van der Waals surface area contributed by atoms with Gasteiger partial charge in [0.05, 0.1) is 5.69 Å². The second-order valence-electron chi connectivity index (χ2n) is 4.00. The first-order valence-corrected chi connectivity index (χ1v) is 5.97. The van der Waals surface area contributed by atoms with E-state index in [4.69, 9.17) is 11.6 Å². The number of aryl methyl sites for hydroxylation is 2. The Hall–Kier alpha value is -1.32. The van der Waals surface area contributed by atoms with Gasteiger partial charge in [-0.2, -0.15) is 5.10 Å². The summed E-state index contributed by atoms with van der Waals surface area (Å²) in [5.74, 6) is 0. The lowest BCUT2D eigenvalue weighted by Gasteiger charge is -2.14. The Kier molecular flexibility index (Phi) is 3.50. The molecule has 0 spiro atoms. The number of hydrogen-bond donors (Lipinski definition) is 1. The van der Waals surface area contributed by atoms with Gasteiger partial charge in [-0.05, 0) is 31.5 Å². The summed E-state index contributed by atoms with van der Waals surface area (Å²) in [5.41, 5.74) is 2.56. The van der Waals surface area contributed by atoms with E-state index in [2.05, 4.69) is 5.10 Å². The Labute approximate surface area is 106 Å². The summed E-state index contributed by atoms with van der Waals surface area (Å²) in [7, 11) is 0. The van der Waals surface area contributed by atoms with E-state index in [0.717, 1.165) is 17.8 Å². The summed E-state index contributed by atoms with van der Waals surface area (Å²) in [6.07, 6.45) is 0.954. The van der Waals surface area contributed by atoms with E-state index in [1.165, 1.54) is 0 Å². The van der Waals surface area contributed by atoms with E-state index in [1.54, 1.807) is 10.9 Å². The van der Waals surface area contributed by atoms with Crippen molar-refractivity contribution in [2.45, 2.75) is 26.5 Å². The summed E-state index contributed by atoms with van der Waals surface area (Å²) in [5, 5.41) is 15.0. The van der Waals surface area contributed by atoms with Crippen LogP contribution in [0.2, 0.25) is 5.02 Å². The van der Waals surface area contributed by atoms with Gasteiger partial charge in [0.2, 0.25) is 0 Å². The topological polar surface area (TPSA) is 38.0 Å². The van der Waals surface area contributed by atoms with Crippen LogP contribution in [-0.4, -0.2) is 14.9 Å². The average Bonchev–Trinajstić information content (AvgIpc) is 2.76. The zero-order valence-corrected chi connectivity index (χ0v) is 10.6. The molecule has 0 aliphatic carbocycles. The number of nitrogens with zero attached hydrogens (tertiary/aromatic N) is 2. The highest BCUT2D eigenvalue weighted by Gasteiger charge is 2.17. The van der Waals surface area contributed by atoms with Crippen LogP contribution in [0.1, 0.15) is 29.8 Å². The molecular formula is C13H15ClN2O. The minimum absolute atomic E-state index is 0.585. The van der Waals surface area contributed by atoms with Crippen molar-refractivity contribution in [1.82, 2.24) is 9.78 Å². The predicted octanol–water partition coefficient (Wildman–Crippen LogP) is 2.95. The number of halogens is 1. The first-order valence-electron chi connectivity index (χ1n) is 5.59. The van der Waals surface area contributed by atoms with Crippen molar-refractivity contribution >= 4 is 11.6 Å². The molecule has 1 heterocycles. The molecule has 0 fully saturated rings. The van der Waals surface area contributed by atoms with Crippen molar-refractivity contribution in [3.8, 4) is 0 Å². The number of aliphatic hydroxyl groups is 1. The van der Waals surface area contributed by atoms with E-state index in [9.17, 15) is 5.11 Å². The minimum Gasteiger partial charge on any atom is -0.382 e. The van der Waals surface area contributed by atoms with Gasteiger partial charge in [-0.25, -0.2) is 0 Å². The van der Waals surface area contributed by atoms with Gasteiger partial charge >= 0.3 is 0 Å². The summed E-state index contributed by atoms with van der Waals surface area (Å²) >= 11 is 6.15. The smallest absolute Gasteiger partial charge is 0.122 e. The van der Waals surface area contributed by atoms with Gasteiger partial charge in [0.15, 0.2) is 0 Å². The van der Waals surface area contributed by atoms with Gasteiger partial charge < -0.3 is 5.11 Å². The van der Waals surface area contributed by atoms with Gasteiger partial charge in [0.25, 0.3) is 0 Å². The van der Waals surface area contributed by atoms with Gasteiger partial charge in [0, 0.05) is 23.3 Å². The second-order valence-corrected chi connectivity index (χ2v) is 4.41. The number of hydrogen-bond acceptors (Lipinski definition) is 2. The molecule has 1 N–H and O–H groups in total. The number of rotatable bonds is 3. The Morgan fingerprint density at radius 2 is 2.18 bits per heavy atom. The van der Waals surface area contributed by atoms with Crippen LogP contribution in [0, 0.1) is 6.92 Å². The van der Waals surface area contributed by atoms with Crippen molar-refractivity contribution < 1.29 is 5.11 Å². The first kappa shape index (κ1) is 12.1. The standard InChI is InChI=1S/C13H15ClN2O/c1-3-16-12(6-7-15-16)13(17)10-5-4-9(2)8-11(10)14/h4-8,13,17H,3H2,1-2H3. The zero-order chi connectivity index (χ0) is 12.4. The summed E-state index contributed by atoms with van der Waals surface area (Å²) in [6.45, 7) is 4.68. The van der Waals surface area contributed by atoms with Crippen LogP contribution in [0.5, 0.6) is 0 Å². The average molecular weight is 251 g/mol. The summed E-state index contributed by atoms with van der Waals surface area (Å²) < 4.78 is 1.76. The van der Waals surface area contributed by atoms with Crippen LogP contribution in [-0.2, 0) is 6.54 Å². The zero-order valence-electron chi connectivity index (χ0n) is 9.89. The molecule has 0 radical (unpaired) electrons. The Balaban J connectivity index is 2.40. The number of aliphatic hydroxyl groups excluding tert-OH is 1. The minimum atomic E-state index is -0.731. The molecule has 90 valence electrons. The van der Waals surface area contributed by atoms with Crippen molar-refractivity contribution in [1.29, 1.82) is 0 Å². The van der Waals surface area contributed by atoms with E-state index in [-0.39, 0.29) is 0 Å². The molecule has 0 amide bonds. The third-order valence-corrected chi connectivity index (χ3v) is 3.11. The van der Waals surface area contributed by atoms with Crippen LogP contribution in [0.4, 0.5) is 0 Å². The SMILES string of the molecule is CCn1nccc1C(O)c1ccc(C)cc1Cl. The number of aromatic nitrogens is 2. The largest absolute Gasteiger partial charge is 0.382 e. The molecule has 2 aromatic rings. The maximum absolute atomic E-state index is 10.3. The highest BCUT2D eigenvalue weighted by atomic mass is 35.5. The third-order valence-electron chi connectivity index (χ3n) is 2.78. The molecule has 1 unspecified atom stereocenters. The maximum atomic E-state index is 10.3. The van der Waals surface area contributed by atoms with Gasteiger partial charge in [-0.15, -0.1) is 0 Å². The molecule has 1 aromatic carbocycles. The molecule has 17 heavy (non-hydrogen) atoms. The lowest BCUT2D eigenvalue weighted by atomic mass is 10.0. The Bertz CT molecular complexity index is 522. The van der Waals surface area contributed by atoms with E-state index in [1.807, 2.05) is 38.1 Å². The van der Waals surface area contributed by atoms with Crippen molar-refractivity contribution in [3.05, 3.63) is 52.3 Å². The summed E-state index contributed by atoms with van der Waals surface area (Å²) in [6, 6.07) is 7.46. The van der Waals surface area contributed by atoms with Crippen LogP contribution >= 0.6 is 11.6 Å². The molecule has 4 heteroatoms. The monoisotopic (exact) mass is 250 g/mol. The van der Waals surface area contributed by atoms with Gasteiger partial charge in [-0.3, -0.25) is 4.68 Å². The summed E-state index contributed by atoms with van der Waals surface area (Å²) in [4.78, 5) is 0. The first-order chi connectivity index (χ1) is 8.13. The van der Waals surface area contributed by atoms with Crippen molar-refractivity contribution in [2.24, 2.45) is 0 Å². The van der Waals surface area contributed by atoms with Crippen LogP contribution in [0.3, 0.4) is 0 Å². The molecule has 1 atom stereocenters. The predicted molar refractivity (Wildman–Crippen MR) is 68.2 cm³/mol. The number of benzene rings is 1. The molecule has 2 rings (SSSR count). The second kappa shape index (κ2) is 4.90. The fourth-order valence-electron chi connectivity index (χ4n) is 1.85. The van der Waals surface area contributed by atoms with Crippen LogP contribution < -0.4 is 0 Å². The van der Waals surface area contributed by atoms with Crippen LogP contribution in [0.15, 0.2) is 30.5 Å².